The molecule has 0 bridgehead atoms. The minimum atomic E-state index is -0.498. The summed E-state index contributed by atoms with van der Waals surface area (Å²) >= 11 is 0. The number of carbonyl (C=O) groups is 1. The highest BCUT2D eigenvalue weighted by molar-refractivity contribution is 6.62. The van der Waals surface area contributed by atoms with Crippen LogP contribution in [0, 0.1) is 0 Å². The highest BCUT2D eigenvalue weighted by Gasteiger charge is 2.51. The Bertz CT molecular complexity index is 727. The monoisotopic (exact) mass is 403 g/mol. The molecule has 2 fully saturated rings. The third kappa shape index (κ3) is 5.07. The number of hydrogen-bond acceptors (Lipinski definition) is 5. The van der Waals surface area contributed by atoms with Gasteiger partial charge in [-0.1, -0.05) is 12.1 Å². The summed E-state index contributed by atoms with van der Waals surface area (Å²) in [5, 5.41) is 0. The molecule has 160 valence electrons. The molecule has 1 atom stereocenters. The summed E-state index contributed by atoms with van der Waals surface area (Å²) in [6.07, 6.45) is 1.60. The highest BCUT2D eigenvalue weighted by atomic mass is 16.7. The van der Waals surface area contributed by atoms with Gasteiger partial charge >= 0.3 is 13.2 Å². The number of nitrogens with zero attached hydrogens (tertiary/aromatic N) is 1. The van der Waals surface area contributed by atoms with E-state index >= 15 is 0 Å². The van der Waals surface area contributed by atoms with Crippen LogP contribution in [0.2, 0.25) is 0 Å². The first-order chi connectivity index (χ1) is 13.4. The standard InChI is InChI=1S/C22H34BNO5/c1-20(2,3)27-19(25)24-13-9-11-17(24)15-26-18-12-8-10-16(14-18)23-28-21(4,5)22(6,7)29-23/h8,10,12,14,17H,9,11,13,15H2,1-7H3. The predicted octanol–water partition coefficient (Wildman–Crippen LogP) is 3.76. The van der Waals surface area contributed by atoms with Crippen LogP contribution in [0.15, 0.2) is 24.3 Å². The molecule has 0 spiro atoms. The van der Waals surface area contributed by atoms with Crippen molar-refractivity contribution < 1.29 is 23.6 Å². The van der Waals surface area contributed by atoms with Crippen molar-refractivity contribution in [3.05, 3.63) is 24.3 Å². The molecule has 1 aromatic carbocycles. The average Bonchev–Trinajstić information content (AvgIpc) is 3.14. The summed E-state index contributed by atoms with van der Waals surface area (Å²) in [4.78, 5) is 14.2. The number of benzene rings is 1. The van der Waals surface area contributed by atoms with Crippen molar-refractivity contribution >= 4 is 18.7 Å². The zero-order valence-corrected chi connectivity index (χ0v) is 18.8. The molecule has 1 aromatic rings. The van der Waals surface area contributed by atoms with Crippen LogP contribution in [-0.2, 0) is 14.0 Å². The van der Waals surface area contributed by atoms with E-state index in [1.165, 1.54) is 0 Å². The fraction of sp³-hybridized carbons (Fsp3) is 0.682. The van der Waals surface area contributed by atoms with Crippen LogP contribution in [0.5, 0.6) is 5.75 Å². The molecule has 0 aliphatic carbocycles. The third-order valence-electron chi connectivity index (χ3n) is 5.83. The fourth-order valence-electron chi connectivity index (χ4n) is 3.49. The lowest BCUT2D eigenvalue weighted by molar-refractivity contribution is 0.00578. The molecule has 0 saturated carbocycles. The van der Waals surface area contributed by atoms with E-state index < -0.39 is 12.7 Å². The highest BCUT2D eigenvalue weighted by Crippen LogP contribution is 2.36. The van der Waals surface area contributed by atoms with Crippen molar-refractivity contribution in [2.45, 2.75) is 84.2 Å². The number of rotatable bonds is 4. The molecular formula is C22H34BNO5. The van der Waals surface area contributed by atoms with Crippen LogP contribution < -0.4 is 10.2 Å². The topological polar surface area (TPSA) is 57.2 Å². The van der Waals surface area contributed by atoms with Crippen molar-refractivity contribution in [1.82, 2.24) is 4.90 Å². The maximum Gasteiger partial charge on any atom is 0.494 e. The lowest BCUT2D eigenvalue weighted by atomic mass is 9.79. The van der Waals surface area contributed by atoms with E-state index in [0.29, 0.717) is 13.2 Å². The molecule has 3 rings (SSSR count). The number of carbonyl (C=O) groups excluding carboxylic acids is 1. The second-order valence-corrected chi connectivity index (χ2v) is 9.94. The molecule has 2 aliphatic rings. The third-order valence-corrected chi connectivity index (χ3v) is 5.83. The maximum absolute atomic E-state index is 12.4. The molecule has 2 saturated heterocycles. The summed E-state index contributed by atoms with van der Waals surface area (Å²) in [5.41, 5.74) is -0.336. The Morgan fingerprint density at radius 1 is 1.21 bits per heavy atom. The molecular weight excluding hydrogens is 369 g/mol. The van der Waals surface area contributed by atoms with Gasteiger partial charge in [-0.15, -0.1) is 0 Å². The van der Waals surface area contributed by atoms with Crippen LogP contribution >= 0.6 is 0 Å². The number of amides is 1. The number of ether oxygens (including phenoxy) is 2. The summed E-state index contributed by atoms with van der Waals surface area (Å²) in [6, 6.07) is 7.81. The number of likely N-dealkylation sites (tertiary alicyclic amines) is 1. The largest absolute Gasteiger partial charge is 0.494 e. The molecule has 0 aromatic heterocycles. The van der Waals surface area contributed by atoms with E-state index in [1.807, 2.05) is 72.7 Å². The average molecular weight is 403 g/mol. The molecule has 1 amide bonds. The van der Waals surface area contributed by atoms with Crippen LogP contribution in [0.4, 0.5) is 4.79 Å². The van der Waals surface area contributed by atoms with Gasteiger partial charge in [-0.2, -0.15) is 0 Å². The van der Waals surface area contributed by atoms with E-state index in [2.05, 4.69) is 0 Å². The van der Waals surface area contributed by atoms with E-state index in [1.54, 1.807) is 4.90 Å². The van der Waals surface area contributed by atoms with Gasteiger partial charge in [0.25, 0.3) is 0 Å². The van der Waals surface area contributed by atoms with Gasteiger partial charge in [0.2, 0.25) is 0 Å². The van der Waals surface area contributed by atoms with Gasteiger partial charge < -0.3 is 23.7 Å². The summed E-state index contributed by atoms with van der Waals surface area (Å²) < 4.78 is 23.8. The molecule has 29 heavy (non-hydrogen) atoms. The molecule has 7 heteroatoms. The van der Waals surface area contributed by atoms with E-state index in [4.69, 9.17) is 18.8 Å². The SMILES string of the molecule is CC(C)(C)OC(=O)N1CCCC1COc1cccc(B2OC(C)(C)C(C)(C)O2)c1. The maximum atomic E-state index is 12.4. The lowest BCUT2D eigenvalue weighted by Crippen LogP contribution is -2.42. The van der Waals surface area contributed by atoms with Gasteiger partial charge in [-0.05, 0) is 78.9 Å². The van der Waals surface area contributed by atoms with Crippen LogP contribution in [0.3, 0.4) is 0 Å². The molecule has 2 aliphatic heterocycles. The Labute approximate surface area is 175 Å². The molecule has 0 radical (unpaired) electrons. The predicted molar refractivity (Wildman–Crippen MR) is 114 cm³/mol. The van der Waals surface area contributed by atoms with Gasteiger partial charge in [0.05, 0.1) is 17.2 Å². The van der Waals surface area contributed by atoms with Crippen molar-refractivity contribution in [3.63, 3.8) is 0 Å². The van der Waals surface area contributed by atoms with Crippen molar-refractivity contribution in [3.8, 4) is 5.75 Å². The van der Waals surface area contributed by atoms with Crippen LogP contribution in [0.25, 0.3) is 0 Å². The second kappa shape index (κ2) is 7.84. The quantitative estimate of drug-likeness (QED) is 0.717. The van der Waals surface area contributed by atoms with Crippen LogP contribution in [0.1, 0.15) is 61.3 Å². The Morgan fingerprint density at radius 2 is 1.86 bits per heavy atom. The van der Waals surface area contributed by atoms with E-state index in [9.17, 15) is 4.79 Å². The number of hydrogen-bond donors (Lipinski definition) is 0. The van der Waals surface area contributed by atoms with Gasteiger partial charge in [-0.25, -0.2) is 4.79 Å². The zero-order valence-electron chi connectivity index (χ0n) is 18.8. The molecule has 1 unspecified atom stereocenters. The first kappa shape index (κ1) is 22.0. The van der Waals surface area contributed by atoms with Crippen molar-refractivity contribution in [2.75, 3.05) is 13.2 Å². The van der Waals surface area contributed by atoms with Gasteiger partial charge in [0, 0.05) is 6.54 Å². The molecule has 0 N–H and O–H groups in total. The van der Waals surface area contributed by atoms with E-state index in [-0.39, 0.29) is 23.3 Å². The van der Waals surface area contributed by atoms with Gasteiger partial charge in [-0.3, -0.25) is 0 Å². The Kier molecular flexibility index (Phi) is 5.94. The van der Waals surface area contributed by atoms with Crippen molar-refractivity contribution in [2.24, 2.45) is 0 Å². The first-order valence-corrected chi connectivity index (χ1v) is 10.5. The first-order valence-electron chi connectivity index (χ1n) is 10.5. The Balaban J connectivity index is 1.62. The normalized spacial score (nSPS) is 23.3. The van der Waals surface area contributed by atoms with Crippen LogP contribution in [-0.4, -0.2) is 54.1 Å². The molecule has 6 nitrogen and oxygen atoms in total. The minimum absolute atomic E-state index is 0.0188. The second-order valence-electron chi connectivity index (χ2n) is 9.94. The van der Waals surface area contributed by atoms with Gasteiger partial charge in [0.1, 0.15) is 18.0 Å². The Morgan fingerprint density at radius 3 is 2.48 bits per heavy atom. The molecule has 2 heterocycles. The summed E-state index contributed by atoms with van der Waals surface area (Å²) in [6.45, 7) is 15.0. The lowest BCUT2D eigenvalue weighted by Gasteiger charge is -2.32. The fourth-order valence-corrected chi connectivity index (χ4v) is 3.49. The Hall–Kier alpha value is -1.73. The smallest absolute Gasteiger partial charge is 0.491 e. The van der Waals surface area contributed by atoms with Crippen molar-refractivity contribution in [1.29, 1.82) is 0 Å². The minimum Gasteiger partial charge on any atom is -0.491 e. The van der Waals surface area contributed by atoms with E-state index in [0.717, 1.165) is 24.1 Å². The van der Waals surface area contributed by atoms with Gasteiger partial charge in [0.15, 0.2) is 0 Å². The summed E-state index contributed by atoms with van der Waals surface area (Å²) in [7, 11) is -0.423. The zero-order chi connectivity index (χ0) is 21.4. The summed E-state index contributed by atoms with van der Waals surface area (Å²) in [5.74, 6) is 0.744.